The van der Waals surface area contributed by atoms with Gasteiger partial charge in [-0.1, -0.05) is 64.1 Å². The van der Waals surface area contributed by atoms with Gasteiger partial charge in [0.25, 0.3) is 0 Å². The Balaban J connectivity index is 2.41. The maximum atomic E-state index is 13.3. The maximum absolute atomic E-state index is 13.3. The van der Waals surface area contributed by atoms with Gasteiger partial charge in [0.2, 0.25) is 0 Å². The smallest absolute Gasteiger partial charge is 0.410 e. The van der Waals surface area contributed by atoms with Crippen molar-refractivity contribution in [3.63, 3.8) is 0 Å². The third-order valence-electron chi connectivity index (χ3n) is 6.96. The zero-order chi connectivity index (χ0) is 25.7. The second-order valence-corrected chi connectivity index (χ2v) is 16.9. The van der Waals surface area contributed by atoms with Crippen molar-refractivity contribution in [1.29, 1.82) is 0 Å². The monoisotopic (exact) mass is 489 g/mol. The Kier molecular flexibility index (Phi) is 9.59. The molecule has 0 N–H and O–H groups in total. The van der Waals surface area contributed by atoms with Crippen LogP contribution >= 0.6 is 0 Å². The van der Waals surface area contributed by atoms with Gasteiger partial charge in [-0.05, 0) is 63.2 Å². The van der Waals surface area contributed by atoms with E-state index in [9.17, 15) is 4.79 Å². The summed E-state index contributed by atoms with van der Waals surface area (Å²) in [5, 5.41) is 0.0613. The molecule has 4 atom stereocenters. The Hall–Kier alpha value is -1.63. The second-order valence-electron chi connectivity index (χ2n) is 12.2. The molecule has 1 heterocycles. The van der Waals surface area contributed by atoms with E-state index in [0.717, 1.165) is 12.8 Å². The number of carbonyl (C=O) groups excluding carboxylic acids is 1. The molecule has 0 spiro atoms. The van der Waals surface area contributed by atoms with E-state index in [1.807, 2.05) is 31.7 Å². The van der Waals surface area contributed by atoms with Gasteiger partial charge in [-0.3, -0.25) is 4.90 Å². The molecule has 0 saturated carbocycles. The van der Waals surface area contributed by atoms with Crippen molar-refractivity contribution in [1.82, 2.24) is 4.90 Å². The third kappa shape index (κ3) is 7.96. The van der Waals surface area contributed by atoms with Crippen molar-refractivity contribution in [3.8, 4) is 0 Å². The van der Waals surface area contributed by atoms with Crippen molar-refractivity contribution in [2.24, 2.45) is 5.92 Å². The molecule has 0 bridgehead atoms. The van der Waals surface area contributed by atoms with E-state index in [4.69, 9.17) is 13.9 Å². The molecule has 1 fully saturated rings. The van der Waals surface area contributed by atoms with Crippen molar-refractivity contribution >= 4 is 14.4 Å². The van der Waals surface area contributed by atoms with Gasteiger partial charge in [0.15, 0.2) is 8.32 Å². The van der Waals surface area contributed by atoms with Gasteiger partial charge in [-0.25, -0.2) is 4.79 Å². The summed E-state index contributed by atoms with van der Waals surface area (Å²) in [5.74, 6) is 0.213. The van der Waals surface area contributed by atoms with E-state index in [1.54, 1.807) is 6.08 Å². The molecule has 1 saturated heterocycles. The Labute approximate surface area is 209 Å². The lowest BCUT2D eigenvalue weighted by Gasteiger charge is -2.44. The number of hydrogen-bond donors (Lipinski definition) is 0. The number of hydrogen-bond acceptors (Lipinski definition) is 4. The van der Waals surface area contributed by atoms with Crippen LogP contribution in [0.1, 0.15) is 60.5 Å². The predicted octanol–water partition coefficient (Wildman–Crippen LogP) is 6.84. The van der Waals surface area contributed by atoms with Crippen LogP contribution in [0.4, 0.5) is 4.79 Å². The Bertz CT molecular complexity index is 797. The van der Waals surface area contributed by atoms with Crippen molar-refractivity contribution in [2.75, 3.05) is 13.2 Å². The number of amides is 1. The highest BCUT2D eigenvalue weighted by Crippen LogP contribution is 2.41. The fraction of sp³-hybridized carbons (Fsp3) is 0.679. The molecule has 0 unspecified atom stereocenters. The number of rotatable bonds is 9. The number of benzene rings is 1. The summed E-state index contributed by atoms with van der Waals surface area (Å²) in [6.45, 7) is 24.1. The van der Waals surface area contributed by atoms with E-state index < -0.39 is 13.9 Å². The maximum Gasteiger partial charge on any atom is 0.410 e. The first-order chi connectivity index (χ1) is 15.6. The van der Waals surface area contributed by atoms with Crippen LogP contribution in [0.3, 0.4) is 0 Å². The van der Waals surface area contributed by atoms with E-state index in [0.29, 0.717) is 13.2 Å². The van der Waals surface area contributed by atoms with Gasteiger partial charge in [0, 0.05) is 0 Å². The lowest BCUT2D eigenvalue weighted by Crippen LogP contribution is -2.54. The minimum absolute atomic E-state index is 0.0613. The van der Waals surface area contributed by atoms with Gasteiger partial charge >= 0.3 is 6.09 Å². The third-order valence-corrected chi connectivity index (χ3v) is 11.4. The molecule has 0 aromatic heterocycles. The molecule has 1 aromatic carbocycles. The quantitative estimate of drug-likeness (QED) is 0.281. The van der Waals surface area contributed by atoms with E-state index in [2.05, 4.69) is 71.6 Å². The standard InChI is InChI=1S/C28H47NO4Si/c1-11-17-31-23-19-24(29(20-23)26(30)32-27(3,4)5)25(33-34(9,10)28(6,7)8)21(2)18-22-15-13-12-14-16-22/h11-16,21,23-25H,1,17-20H2,2-10H3/t21-,23+,24+,25-/m0/s1. The number of carbonyl (C=O) groups is 1. The van der Waals surface area contributed by atoms with Crippen molar-refractivity contribution in [2.45, 2.75) is 103 Å². The molecule has 0 radical (unpaired) electrons. The van der Waals surface area contributed by atoms with Gasteiger partial charge < -0.3 is 13.9 Å². The number of likely N-dealkylation sites (tertiary alicyclic amines) is 1. The molecule has 6 heteroatoms. The molecule has 1 aliphatic heterocycles. The van der Waals surface area contributed by atoms with E-state index in [1.165, 1.54) is 5.56 Å². The number of nitrogens with zero attached hydrogens (tertiary/aromatic N) is 1. The molecule has 2 rings (SSSR count). The lowest BCUT2D eigenvalue weighted by molar-refractivity contribution is -0.00249. The Morgan fingerprint density at radius 3 is 2.32 bits per heavy atom. The summed E-state index contributed by atoms with van der Waals surface area (Å²) in [6, 6.07) is 10.4. The van der Waals surface area contributed by atoms with Crippen LogP contribution < -0.4 is 0 Å². The topological polar surface area (TPSA) is 48.0 Å². The summed E-state index contributed by atoms with van der Waals surface area (Å²) in [4.78, 5) is 15.2. The van der Waals surface area contributed by atoms with Gasteiger partial charge in [0.1, 0.15) is 5.60 Å². The molecular weight excluding hydrogens is 442 g/mol. The van der Waals surface area contributed by atoms with Crippen LogP contribution in [-0.4, -0.2) is 56.3 Å². The first kappa shape index (κ1) is 28.6. The minimum atomic E-state index is -2.11. The molecule has 5 nitrogen and oxygen atoms in total. The van der Waals surface area contributed by atoms with Gasteiger partial charge in [-0.2, -0.15) is 0 Å². The van der Waals surface area contributed by atoms with Crippen LogP contribution in [0.2, 0.25) is 18.1 Å². The normalized spacial score (nSPS) is 21.3. The zero-order valence-electron chi connectivity index (χ0n) is 22.9. The van der Waals surface area contributed by atoms with E-state index in [-0.39, 0.29) is 35.3 Å². The highest BCUT2D eigenvalue weighted by atomic mass is 28.4. The molecule has 192 valence electrons. The first-order valence-electron chi connectivity index (χ1n) is 12.6. The summed E-state index contributed by atoms with van der Waals surface area (Å²) < 4.78 is 18.9. The van der Waals surface area contributed by atoms with Crippen LogP contribution in [0, 0.1) is 5.92 Å². The first-order valence-corrected chi connectivity index (χ1v) is 15.5. The fourth-order valence-electron chi connectivity index (χ4n) is 4.19. The lowest BCUT2D eigenvalue weighted by atomic mass is 9.90. The molecule has 0 aliphatic carbocycles. The summed E-state index contributed by atoms with van der Waals surface area (Å²) in [7, 11) is -2.11. The van der Waals surface area contributed by atoms with E-state index >= 15 is 0 Å². The average molecular weight is 490 g/mol. The number of ether oxygens (including phenoxy) is 2. The predicted molar refractivity (Wildman–Crippen MR) is 143 cm³/mol. The summed E-state index contributed by atoms with van der Waals surface area (Å²) in [6.07, 6.45) is 2.89. The Morgan fingerprint density at radius 1 is 1.18 bits per heavy atom. The minimum Gasteiger partial charge on any atom is -0.444 e. The van der Waals surface area contributed by atoms with Crippen LogP contribution in [-0.2, 0) is 20.3 Å². The molecular formula is C28H47NO4Si. The SMILES string of the molecule is C=CCO[C@@H]1C[C@H]([C@@H](O[Si](C)(C)C(C)(C)C)[C@@H](C)Cc2ccccc2)N(C(=O)OC(C)(C)C)C1. The Morgan fingerprint density at radius 2 is 1.79 bits per heavy atom. The molecule has 34 heavy (non-hydrogen) atoms. The fourth-order valence-corrected chi connectivity index (χ4v) is 5.61. The average Bonchev–Trinajstić information content (AvgIpc) is 3.13. The highest BCUT2D eigenvalue weighted by molar-refractivity contribution is 6.74. The summed E-state index contributed by atoms with van der Waals surface area (Å²) >= 11 is 0. The highest BCUT2D eigenvalue weighted by Gasteiger charge is 2.48. The van der Waals surface area contributed by atoms with Gasteiger partial charge in [0.05, 0.1) is 31.4 Å². The van der Waals surface area contributed by atoms with Crippen LogP contribution in [0.15, 0.2) is 43.0 Å². The largest absolute Gasteiger partial charge is 0.444 e. The van der Waals surface area contributed by atoms with Crippen LogP contribution in [0.5, 0.6) is 0 Å². The van der Waals surface area contributed by atoms with Crippen molar-refractivity contribution < 1.29 is 18.7 Å². The molecule has 1 aliphatic rings. The second kappa shape index (κ2) is 11.4. The molecule has 1 aromatic rings. The van der Waals surface area contributed by atoms with Gasteiger partial charge in [-0.15, -0.1) is 6.58 Å². The van der Waals surface area contributed by atoms with Crippen molar-refractivity contribution in [3.05, 3.63) is 48.6 Å². The van der Waals surface area contributed by atoms with Crippen LogP contribution in [0.25, 0.3) is 0 Å². The summed E-state index contributed by atoms with van der Waals surface area (Å²) in [5.41, 5.74) is 0.716. The molecule has 1 amide bonds. The zero-order valence-corrected chi connectivity index (χ0v) is 23.9.